The molecule has 0 heterocycles. The highest BCUT2D eigenvalue weighted by atomic mass is 19.4. The minimum Gasteiger partial charge on any atom is -0.335 e. The van der Waals surface area contributed by atoms with Crippen molar-refractivity contribution < 1.29 is 18.0 Å². The molecular weight excluding hydrogens is 281 g/mol. The fourth-order valence-corrected chi connectivity index (χ4v) is 2.75. The predicted octanol–water partition coefficient (Wildman–Crippen LogP) is 4.41. The molecule has 0 saturated heterocycles. The molecule has 1 aliphatic carbocycles. The number of benzene rings is 1. The number of anilines is 1. The van der Waals surface area contributed by atoms with E-state index in [1.165, 1.54) is 18.2 Å². The van der Waals surface area contributed by atoms with Crippen LogP contribution in [0.15, 0.2) is 24.3 Å². The minimum atomic E-state index is -4.48. The standard InChI is InChI=1S/C15H19F3N2O/c1-10-5-4-6-11(9-10)19-14(21)20-13-8-3-2-7-12(13)15(16,17)18/h2-3,7-8,10-11H,4-6,9H2,1H3,(H2,19,20,21)/t10-,11+/m0/s1. The third-order valence-electron chi connectivity index (χ3n) is 3.75. The molecule has 0 aromatic heterocycles. The molecule has 0 radical (unpaired) electrons. The van der Waals surface area contributed by atoms with Crippen molar-refractivity contribution in [2.24, 2.45) is 5.92 Å². The first kappa shape index (κ1) is 15.7. The Morgan fingerprint density at radius 1 is 1.24 bits per heavy atom. The van der Waals surface area contributed by atoms with E-state index in [1.807, 2.05) is 0 Å². The zero-order valence-electron chi connectivity index (χ0n) is 11.8. The summed E-state index contributed by atoms with van der Waals surface area (Å²) < 4.78 is 38.5. The summed E-state index contributed by atoms with van der Waals surface area (Å²) in [7, 11) is 0. The third-order valence-corrected chi connectivity index (χ3v) is 3.75. The predicted molar refractivity (Wildman–Crippen MR) is 75.0 cm³/mol. The maximum Gasteiger partial charge on any atom is 0.418 e. The molecule has 1 aliphatic rings. The summed E-state index contributed by atoms with van der Waals surface area (Å²) in [4.78, 5) is 11.9. The number of carbonyl (C=O) groups is 1. The van der Waals surface area contributed by atoms with Gasteiger partial charge in [0, 0.05) is 6.04 Å². The smallest absolute Gasteiger partial charge is 0.335 e. The normalized spacial score (nSPS) is 22.7. The van der Waals surface area contributed by atoms with Gasteiger partial charge in [-0.05, 0) is 30.9 Å². The average Bonchev–Trinajstić information content (AvgIpc) is 2.37. The average molecular weight is 300 g/mol. The number of alkyl halides is 3. The van der Waals surface area contributed by atoms with Crippen LogP contribution in [0.25, 0.3) is 0 Å². The number of hydrogen-bond acceptors (Lipinski definition) is 1. The summed E-state index contributed by atoms with van der Waals surface area (Å²) in [5.74, 6) is 0.534. The molecule has 0 bridgehead atoms. The fourth-order valence-electron chi connectivity index (χ4n) is 2.75. The number of rotatable bonds is 2. The van der Waals surface area contributed by atoms with Crippen LogP contribution in [0, 0.1) is 5.92 Å². The minimum absolute atomic E-state index is 0.0341. The molecule has 2 atom stereocenters. The second-order valence-electron chi connectivity index (χ2n) is 5.61. The van der Waals surface area contributed by atoms with Gasteiger partial charge in [0.2, 0.25) is 0 Å². The maximum absolute atomic E-state index is 12.8. The molecule has 1 aromatic carbocycles. The van der Waals surface area contributed by atoms with E-state index in [9.17, 15) is 18.0 Å². The molecule has 6 heteroatoms. The number of amides is 2. The first-order valence-electron chi connectivity index (χ1n) is 7.10. The number of nitrogens with one attached hydrogen (secondary N) is 2. The van der Waals surface area contributed by atoms with Gasteiger partial charge < -0.3 is 10.6 Å². The van der Waals surface area contributed by atoms with Gasteiger partial charge in [-0.3, -0.25) is 0 Å². The lowest BCUT2D eigenvalue weighted by Crippen LogP contribution is -2.40. The van der Waals surface area contributed by atoms with E-state index in [0.717, 1.165) is 31.7 Å². The van der Waals surface area contributed by atoms with Crippen LogP contribution in [-0.4, -0.2) is 12.1 Å². The van der Waals surface area contributed by atoms with Gasteiger partial charge in [-0.25, -0.2) is 4.79 Å². The van der Waals surface area contributed by atoms with E-state index in [-0.39, 0.29) is 11.7 Å². The summed E-state index contributed by atoms with van der Waals surface area (Å²) in [6, 6.07) is 4.43. The summed E-state index contributed by atoms with van der Waals surface area (Å²) in [5.41, 5.74) is -1.05. The molecule has 1 aromatic rings. The number of para-hydroxylation sites is 1. The van der Waals surface area contributed by atoms with Gasteiger partial charge in [0.05, 0.1) is 11.3 Å². The second-order valence-corrected chi connectivity index (χ2v) is 5.61. The van der Waals surface area contributed by atoms with Gasteiger partial charge in [0.1, 0.15) is 0 Å². The summed E-state index contributed by atoms with van der Waals surface area (Å²) in [6.07, 6.45) is -0.571. The van der Waals surface area contributed by atoms with Gasteiger partial charge in [-0.15, -0.1) is 0 Å². The van der Waals surface area contributed by atoms with Gasteiger partial charge in [-0.2, -0.15) is 13.2 Å². The molecule has 0 aliphatic heterocycles. The van der Waals surface area contributed by atoms with Crippen molar-refractivity contribution in [2.75, 3.05) is 5.32 Å². The van der Waals surface area contributed by atoms with Crippen LogP contribution in [0.2, 0.25) is 0 Å². The monoisotopic (exact) mass is 300 g/mol. The highest BCUT2D eigenvalue weighted by Gasteiger charge is 2.33. The molecular formula is C15H19F3N2O. The number of halogens is 3. The SMILES string of the molecule is C[C@H]1CCC[C@@H](NC(=O)Nc2ccccc2C(F)(F)F)C1. The highest BCUT2D eigenvalue weighted by Crippen LogP contribution is 2.34. The molecule has 116 valence electrons. The van der Waals surface area contributed by atoms with E-state index in [4.69, 9.17) is 0 Å². The summed E-state index contributed by atoms with van der Waals surface area (Å²) in [5, 5.41) is 5.07. The van der Waals surface area contributed by atoms with Gasteiger partial charge in [-0.1, -0.05) is 31.9 Å². The number of urea groups is 1. The van der Waals surface area contributed by atoms with Gasteiger partial charge in [0.25, 0.3) is 0 Å². The Balaban J connectivity index is 2.00. The summed E-state index contributed by atoms with van der Waals surface area (Å²) >= 11 is 0. The maximum atomic E-state index is 12.8. The van der Waals surface area contributed by atoms with Crippen molar-refractivity contribution >= 4 is 11.7 Å². The molecule has 2 amide bonds. The van der Waals surface area contributed by atoms with Crippen LogP contribution in [0.4, 0.5) is 23.7 Å². The van der Waals surface area contributed by atoms with E-state index >= 15 is 0 Å². The Hall–Kier alpha value is -1.72. The van der Waals surface area contributed by atoms with E-state index < -0.39 is 17.8 Å². The largest absolute Gasteiger partial charge is 0.418 e. The quantitative estimate of drug-likeness (QED) is 0.834. The van der Waals surface area contributed by atoms with E-state index in [1.54, 1.807) is 0 Å². The highest BCUT2D eigenvalue weighted by molar-refractivity contribution is 5.90. The lowest BCUT2D eigenvalue weighted by Gasteiger charge is -2.27. The Bertz CT molecular complexity index is 502. The van der Waals surface area contributed by atoms with Crippen molar-refractivity contribution in [2.45, 2.75) is 44.8 Å². The molecule has 0 unspecified atom stereocenters. The Kier molecular flexibility index (Phi) is 4.75. The molecule has 0 spiro atoms. The van der Waals surface area contributed by atoms with Gasteiger partial charge >= 0.3 is 12.2 Å². The molecule has 1 saturated carbocycles. The van der Waals surface area contributed by atoms with Crippen LogP contribution < -0.4 is 10.6 Å². The second kappa shape index (κ2) is 6.37. The number of carbonyl (C=O) groups excluding carboxylic acids is 1. The topological polar surface area (TPSA) is 41.1 Å². The number of hydrogen-bond donors (Lipinski definition) is 2. The first-order chi connectivity index (χ1) is 9.86. The first-order valence-corrected chi connectivity index (χ1v) is 7.10. The third kappa shape index (κ3) is 4.37. The molecule has 1 fully saturated rings. The molecule has 2 rings (SSSR count). The van der Waals surface area contributed by atoms with Gasteiger partial charge in [0.15, 0.2) is 0 Å². The lowest BCUT2D eigenvalue weighted by atomic mass is 9.87. The Morgan fingerprint density at radius 2 is 1.95 bits per heavy atom. The van der Waals surface area contributed by atoms with Crippen LogP contribution in [0.5, 0.6) is 0 Å². The zero-order chi connectivity index (χ0) is 15.5. The lowest BCUT2D eigenvalue weighted by molar-refractivity contribution is -0.136. The van der Waals surface area contributed by atoms with Crippen molar-refractivity contribution in [3.8, 4) is 0 Å². The van der Waals surface area contributed by atoms with Crippen molar-refractivity contribution in [1.29, 1.82) is 0 Å². The van der Waals surface area contributed by atoms with E-state index in [0.29, 0.717) is 5.92 Å². The Labute approximate surface area is 121 Å². The van der Waals surface area contributed by atoms with E-state index in [2.05, 4.69) is 17.6 Å². The van der Waals surface area contributed by atoms with Crippen LogP contribution in [0.1, 0.15) is 38.2 Å². The fraction of sp³-hybridized carbons (Fsp3) is 0.533. The van der Waals surface area contributed by atoms with Crippen LogP contribution in [-0.2, 0) is 6.18 Å². The van der Waals surface area contributed by atoms with Crippen molar-refractivity contribution in [3.63, 3.8) is 0 Å². The van der Waals surface area contributed by atoms with Crippen LogP contribution in [0.3, 0.4) is 0 Å². The summed E-state index contributed by atoms with van der Waals surface area (Å²) in [6.45, 7) is 2.12. The Morgan fingerprint density at radius 3 is 2.62 bits per heavy atom. The van der Waals surface area contributed by atoms with Crippen molar-refractivity contribution in [3.05, 3.63) is 29.8 Å². The molecule has 3 nitrogen and oxygen atoms in total. The van der Waals surface area contributed by atoms with Crippen LogP contribution >= 0.6 is 0 Å². The van der Waals surface area contributed by atoms with Crippen molar-refractivity contribution in [1.82, 2.24) is 5.32 Å². The molecule has 21 heavy (non-hydrogen) atoms. The zero-order valence-corrected chi connectivity index (χ0v) is 11.8. The molecule has 2 N–H and O–H groups in total.